The summed E-state index contributed by atoms with van der Waals surface area (Å²) in [5.41, 5.74) is 0.824. The van der Waals surface area contributed by atoms with E-state index in [1.165, 1.54) is 0 Å². The Kier molecular flexibility index (Phi) is 7.56. The molecule has 0 aliphatic carbocycles. The van der Waals surface area contributed by atoms with Crippen LogP contribution in [0.5, 0.6) is 0 Å². The maximum atomic E-state index is 12.7. The van der Waals surface area contributed by atoms with Gasteiger partial charge < -0.3 is 15.0 Å². The van der Waals surface area contributed by atoms with Crippen LogP contribution in [0, 0.1) is 0 Å². The number of carbonyl (C=O) groups is 1. The van der Waals surface area contributed by atoms with E-state index in [2.05, 4.69) is 5.32 Å². The SMILES string of the molecule is Cl.O=C(C1CNCCO1)N(Cc1ccccc1)CC(F)F. The third-order valence-corrected chi connectivity index (χ3v) is 3.09. The van der Waals surface area contributed by atoms with Crippen molar-refractivity contribution in [1.82, 2.24) is 10.2 Å². The molecular formula is C14H19ClF2N2O2. The number of hydrogen-bond acceptors (Lipinski definition) is 3. The van der Waals surface area contributed by atoms with Gasteiger partial charge in [-0.3, -0.25) is 4.79 Å². The van der Waals surface area contributed by atoms with E-state index in [0.29, 0.717) is 19.7 Å². The molecule has 1 amide bonds. The number of carbonyl (C=O) groups excluding carboxylic acids is 1. The van der Waals surface area contributed by atoms with Crippen molar-refractivity contribution in [1.29, 1.82) is 0 Å². The summed E-state index contributed by atoms with van der Waals surface area (Å²) in [6.07, 6.45) is -3.23. The monoisotopic (exact) mass is 320 g/mol. The van der Waals surface area contributed by atoms with Crippen molar-refractivity contribution in [3.63, 3.8) is 0 Å². The second kappa shape index (κ2) is 8.92. The Hall–Kier alpha value is -1.24. The number of halogens is 3. The molecule has 0 spiro atoms. The summed E-state index contributed by atoms with van der Waals surface area (Å²) >= 11 is 0. The minimum absolute atomic E-state index is 0. The van der Waals surface area contributed by atoms with Crippen LogP contribution in [0.2, 0.25) is 0 Å². The largest absolute Gasteiger partial charge is 0.366 e. The van der Waals surface area contributed by atoms with Gasteiger partial charge in [-0.15, -0.1) is 12.4 Å². The first-order chi connectivity index (χ1) is 9.66. The van der Waals surface area contributed by atoms with E-state index in [9.17, 15) is 13.6 Å². The van der Waals surface area contributed by atoms with Crippen LogP contribution in [0.15, 0.2) is 30.3 Å². The number of amides is 1. The van der Waals surface area contributed by atoms with Gasteiger partial charge in [-0.05, 0) is 5.56 Å². The number of ether oxygens (including phenoxy) is 1. The number of alkyl halides is 2. The van der Waals surface area contributed by atoms with Crippen molar-refractivity contribution in [3.05, 3.63) is 35.9 Å². The molecule has 1 aromatic rings. The van der Waals surface area contributed by atoms with Crippen molar-refractivity contribution in [2.24, 2.45) is 0 Å². The standard InChI is InChI=1S/C14H18F2N2O2.ClH/c15-13(16)10-18(9-11-4-2-1-3-5-11)14(19)12-8-17-6-7-20-12;/h1-5,12-13,17H,6-10H2;1H. The third-order valence-electron chi connectivity index (χ3n) is 3.09. The summed E-state index contributed by atoms with van der Waals surface area (Å²) in [5.74, 6) is -0.388. The topological polar surface area (TPSA) is 41.6 Å². The first-order valence-corrected chi connectivity index (χ1v) is 6.60. The fourth-order valence-electron chi connectivity index (χ4n) is 2.13. The Morgan fingerprint density at radius 1 is 1.38 bits per heavy atom. The molecule has 1 N–H and O–H groups in total. The average Bonchev–Trinajstić information content (AvgIpc) is 2.47. The zero-order valence-electron chi connectivity index (χ0n) is 11.5. The average molecular weight is 321 g/mol. The summed E-state index contributed by atoms with van der Waals surface area (Å²) in [6, 6.07) is 9.10. The molecule has 1 aromatic carbocycles. The van der Waals surface area contributed by atoms with Gasteiger partial charge in [-0.25, -0.2) is 8.78 Å². The van der Waals surface area contributed by atoms with Gasteiger partial charge >= 0.3 is 0 Å². The fraction of sp³-hybridized carbons (Fsp3) is 0.500. The molecule has 0 radical (unpaired) electrons. The lowest BCUT2D eigenvalue weighted by atomic mass is 10.2. The van der Waals surface area contributed by atoms with Crippen LogP contribution in [0.4, 0.5) is 8.78 Å². The van der Waals surface area contributed by atoms with E-state index in [-0.39, 0.29) is 24.9 Å². The molecule has 0 bridgehead atoms. The van der Waals surface area contributed by atoms with Gasteiger partial charge in [0.2, 0.25) is 0 Å². The molecule has 1 heterocycles. The minimum Gasteiger partial charge on any atom is -0.366 e. The molecule has 0 aromatic heterocycles. The van der Waals surface area contributed by atoms with Crippen molar-refractivity contribution < 1.29 is 18.3 Å². The molecule has 21 heavy (non-hydrogen) atoms. The Labute approximate surface area is 128 Å². The number of nitrogens with zero attached hydrogens (tertiary/aromatic N) is 1. The van der Waals surface area contributed by atoms with Crippen molar-refractivity contribution >= 4 is 18.3 Å². The van der Waals surface area contributed by atoms with Gasteiger partial charge in [-0.2, -0.15) is 0 Å². The van der Waals surface area contributed by atoms with Gasteiger partial charge in [0.25, 0.3) is 12.3 Å². The second-order valence-corrected chi connectivity index (χ2v) is 4.66. The summed E-state index contributed by atoms with van der Waals surface area (Å²) in [4.78, 5) is 13.4. The first kappa shape index (κ1) is 17.8. The van der Waals surface area contributed by atoms with Crippen LogP contribution in [0.25, 0.3) is 0 Å². The van der Waals surface area contributed by atoms with Crippen LogP contribution < -0.4 is 5.32 Å². The molecule has 1 atom stereocenters. The smallest absolute Gasteiger partial charge is 0.255 e. The van der Waals surface area contributed by atoms with Crippen LogP contribution >= 0.6 is 12.4 Å². The molecule has 1 aliphatic heterocycles. The molecule has 0 saturated carbocycles. The molecule has 1 saturated heterocycles. The molecule has 1 aliphatic rings. The van der Waals surface area contributed by atoms with E-state index in [1.54, 1.807) is 0 Å². The van der Waals surface area contributed by atoms with E-state index in [0.717, 1.165) is 10.5 Å². The highest BCUT2D eigenvalue weighted by molar-refractivity contribution is 5.85. The summed E-state index contributed by atoms with van der Waals surface area (Å²) in [6.45, 7) is 1.06. The van der Waals surface area contributed by atoms with Gasteiger partial charge in [0.1, 0.15) is 6.10 Å². The third kappa shape index (κ3) is 5.57. The van der Waals surface area contributed by atoms with E-state index in [1.807, 2.05) is 30.3 Å². The van der Waals surface area contributed by atoms with Gasteiger partial charge in [0, 0.05) is 19.6 Å². The van der Waals surface area contributed by atoms with E-state index >= 15 is 0 Å². The van der Waals surface area contributed by atoms with Crippen molar-refractivity contribution in [3.8, 4) is 0 Å². The number of morpholine rings is 1. The normalized spacial score (nSPS) is 18.1. The number of benzene rings is 1. The Morgan fingerprint density at radius 2 is 2.10 bits per heavy atom. The Bertz CT molecular complexity index is 428. The van der Waals surface area contributed by atoms with E-state index in [4.69, 9.17) is 4.74 Å². The van der Waals surface area contributed by atoms with Crippen LogP contribution in [-0.2, 0) is 16.1 Å². The summed E-state index contributed by atoms with van der Waals surface area (Å²) < 4.78 is 30.7. The lowest BCUT2D eigenvalue weighted by Crippen LogP contribution is -2.50. The Balaban J connectivity index is 0.00000220. The summed E-state index contributed by atoms with van der Waals surface area (Å²) in [5, 5.41) is 3.03. The number of nitrogens with one attached hydrogen (secondary N) is 1. The molecule has 118 valence electrons. The maximum Gasteiger partial charge on any atom is 0.255 e. The lowest BCUT2D eigenvalue weighted by Gasteiger charge is -2.29. The lowest BCUT2D eigenvalue weighted by molar-refractivity contribution is -0.147. The minimum atomic E-state index is -2.56. The predicted molar refractivity (Wildman–Crippen MR) is 77.7 cm³/mol. The van der Waals surface area contributed by atoms with Crippen LogP contribution in [-0.4, -0.2) is 49.6 Å². The second-order valence-electron chi connectivity index (χ2n) is 4.66. The van der Waals surface area contributed by atoms with Crippen LogP contribution in [0.3, 0.4) is 0 Å². The highest BCUT2D eigenvalue weighted by atomic mass is 35.5. The fourth-order valence-corrected chi connectivity index (χ4v) is 2.13. The molecule has 1 unspecified atom stereocenters. The molecule has 7 heteroatoms. The maximum absolute atomic E-state index is 12.7. The van der Waals surface area contributed by atoms with Crippen molar-refractivity contribution in [2.45, 2.75) is 19.1 Å². The van der Waals surface area contributed by atoms with Crippen molar-refractivity contribution in [2.75, 3.05) is 26.2 Å². The van der Waals surface area contributed by atoms with Gasteiger partial charge in [0.05, 0.1) is 13.2 Å². The quantitative estimate of drug-likeness (QED) is 0.897. The molecular weight excluding hydrogens is 302 g/mol. The van der Waals surface area contributed by atoms with Gasteiger partial charge in [-0.1, -0.05) is 30.3 Å². The highest BCUT2D eigenvalue weighted by Gasteiger charge is 2.28. The van der Waals surface area contributed by atoms with Gasteiger partial charge in [0.15, 0.2) is 0 Å². The highest BCUT2D eigenvalue weighted by Crippen LogP contribution is 2.11. The first-order valence-electron chi connectivity index (χ1n) is 6.60. The molecule has 4 nitrogen and oxygen atoms in total. The predicted octanol–water partition coefficient (Wildman–Crippen LogP) is 1.69. The van der Waals surface area contributed by atoms with Crippen LogP contribution in [0.1, 0.15) is 5.56 Å². The van der Waals surface area contributed by atoms with E-state index < -0.39 is 19.1 Å². The zero-order chi connectivity index (χ0) is 14.4. The molecule has 1 fully saturated rings. The number of hydrogen-bond donors (Lipinski definition) is 1. The zero-order valence-corrected chi connectivity index (χ0v) is 12.3. The summed E-state index contributed by atoms with van der Waals surface area (Å²) in [7, 11) is 0. The number of rotatable bonds is 5. The molecule has 2 rings (SSSR count). The Morgan fingerprint density at radius 3 is 2.67 bits per heavy atom.